The normalized spacial score (nSPS) is 24.4. The molecule has 1 saturated heterocycles. The van der Waals surface area contributed by atoms with Crippen molar-refractivity contribution in [2.45, 2.75) is 31.2 Å². The molecule has 25 heavy (non-hydrogen) atoms. The molecule has 0 saturated carbocycles. The zero-order valence-corrected chi connectivity index (χ0v) is 13.8. The fraction of sp³-hybridized carbons (Fsp3) is 0.389. The summed E-state index contributed by atoms with van der Waals surface area (Å²) in [7, 11) is 0. The van der Waals surface area contributed by atoms with E-state index in [2.05, 4.69) is 22.1 Å². The van der Waals surface area contributed by atoms with E-state index < -0.39 is 5.54 Å². The lowest BCUT2D eigenvalue weighted by atomic mass is 9.84. The van der Waals surface area contributed by atoms with Crippen molar-refractivity contribution >= 4 is 17.1 Å². The van der Waals surface area contributed by atoms with Gasteiger partial charge in [0, 0.05) is 24.5 Å². The summed E-state index contributed by atoms with van der Waals surface area (Å²) in [5.41, 5.74) is 9.25. The highest BCUT2D eigenvalue weighted by Gasteiger charge is 2.55. The summed E-state index contributed by atoms with van der Waals surface area (Å²) in [5, 5.41) is 0. The molecule has 7 heteroatoms. The van der Waals surface area contributed by atoms with Gasteiger partial charge in [-0.05, 0) is 31.3 Å². The predicted molar refractivity (Wildman–Crippen MR) is 92.8 cm³/mol. The molecule has 0 bridgehead atoms. The Morgan fingerprint density at radius 2 is 2.20 bits per heavy atom. The largest absolute Gasteiger partial charge is 0.326 e. The van der Waals surface area contributed by atoms with Crippen LogP contribution in [0.1, 0.15) is 37.1 Å². The van der Waals surface area contributed by atoms with Crippen molar-refractivity contribution in [1.82, 2.24) is 19.3 Å². The van der Waals surface area contributed by atoms with Crippen LogP contribution in [0.3, 0.4) is 0 Å². The number of amides is 1. The van der Waals surface area contributed by atoms with Crippen LogP contribution in [0.2, 0.25) is 0 Å². The molecule has 1 unspecified atom stereocenters. The van der Waals surface area contributed by atoms with E-state index in [1.54, 1.807) is 6.20 Å². The van der Waals surface area contributed by atoms with Gasteiger partial charge in [0.05, 0.1) is 17.9 Å². The number of carbonyl (C=O) groups is 1. The van der Waals surface area contributed by atoms with E-state index in [4.69, 9.17) is 5.73 Å². The molecule has 3 N–H and O–H groups in total. The standard InChI is InChI=1S/C18H19N5O2/c19-10-13(24)23-8-3-6-18(23)12-5-2-1-4-11(12)14-15(18)22-9-7-20-16(22)17(25)21-14/h4-5,7,9H,1-3,6,8,10,19H2,(H,21,25). The van der Waals surface area contributed by atoms with Crippen molar-refractivity contribution in [2.75, 3.05) is 13.1 Å². The first-order valence-corrected chi connectivity index (χ1v) is 8.70. The first kappa shape index (κ1) is 14.7. The molecule has 0 aromatic carbocycles. The highest BCUT2D eigenvalue weighted by molar-refractivity contribution is 5.91. The zero-order chi connectivity index (χ0) is 17.2. The number of imidazole rings is 1. The second-order valence-corrected chi connectivity index (χ2v) is 6.82. The lowest BCUT2D eigenvalue weighted by Crippen LogP contribution is -2.48. The molecule has 1 aliphatic heterocycles. The fourth-order valence-electron chi connectivity index (χ4n) is 4.83. The minimum atomic E-state index is -0.554. The number of likely N-dealkylation sites (tertiary alicyclic amines) is 1. The van der Waals surface area contributed by atoms with Crippen LogP contribution in [-0.4, -0.2) is 38.3 Å². The molecule has 3 heterocycles. The summed E-state index contributed by atoms with van der Waals surface area (Å²) in [5.74, 6) is -0.0596. The van der Waals surface area contributed by atoms with Crippen molar-refractivity contribution in [1.29, 1.82) is 0 Å². The summed E-state index contributed by atoms with van der Waals surface area (Å²) >= 11 is 0. The van der Waals surface area contributed by atoms with Crippen molar-refractivity contribution < 1.29 is 4.79 Å². The zero-order valence-electron chi connectivity index (χ0n) is 13.8. The molecule has 1 spiro atoms. The average Bonchev–Trinajstić information content (AvgIpc) is 3.34. The third-order valence-electron chi connectivity index (χ3n) is 5.68. The number of nitrogens with two attached hydrogens (primary N) is 1. The summed E-state index contributed by atoms with van der Waals surface area (Å²) in [6.45, 7) is 0.662. The fourth-order valence-corrected chi connectivity index (χ4v) is 4.83. The molecule has 0 radical (unpaired) electrons. The van der Waals surface area contributed by atoms with Gasteiger partial charge in [-0.3, -0.25) is 14.0 Å². The Morgan fingerprint density at radius 1 is 1.36 bits per heavy atom. The van der Waals surface area contributed by atoms with Gasteiger partial charge < -0.3 is 15.6 Å². The molecule has 2 aromatic rings. The van der Waals surface area contributed by atoms with Crippen LogP contribution >= 0.6 is 0 Å². The molecule has 1 atom stereocenters. The molecular formula is C18H19N5O2. The summed E-state index contributed by atoms with van der Waals surface area (Å²) < 4.78 is 1.86. The van der Waals surface area contributed by atoms with Crippen molar-refractivity contribution in [2.24, 2.45) is 5.73 Å². The van der Waals surface area contributed by atoms with Crippen LogP contribution in [0.5, 0.6) is 0 Å². The molecule has 3 aliphatic rings. The van der Waals surface area contributed by atoms with Crippen molar-refractivity contribution in [3.05, 3.63) is 51.9 Å². The van der Waals surface area contributed by atoms with E-state index in [0.717, 1.165) is 48.2 Å². The van der Waals surface area contributed by atoms with Crippen LogP contribution in [-0.2, 0) is 10.3 Å². The maximum absolute atomic E-state index is 12.7. The molecule has 2 aliphatic carbocycles. The van der Waals surface area contributed by atoms with Crippen molar-refractivity contribution in [3.8, 4) is 0 Å². The van der Waals surface area contributed by atoms with E-state index in [9.17, 15) is 9.59 Å². The number of rotatable bonds is 1. The highest BCUT2D eigenvalue weighted by Crippen LogP contribution is 2.56. The topological polar surface area (TPSA) is 96.5 Å². The Hall–Kier alpha value is -2.67. The van der Waals surface area contributed by atoms with Gasteiger partial charge in [-0.1, -0.05) is 12.2 Å². The Kier molecular flexibility index (Phi) is 2.88. The van der Waals surface area contributed by atoms with Gasteiger partial charge in [-0.2, -0.15) is 0 Å². The lowest BCUT2D eigenvalue weighted by molar-refractivity contribution is -0.132. The molecule has 7 nitrogen and oxygen atoms in total. The van der Waals surface area contributed by atoms with Crippen molar-refractivity contribution in [3.63, 3.8) is 0 Å². The summed E-state index contributed by atoms with van der Waals surface area (Å²) in [6, 6.07) is 0. The maximum Gasteiger partial charge on any atom is 0.292 e. The number of allylic oxidation sites excluding steroid dienone is 2. The quantitative estimate of drug-likeness (QED) is 0.808. The predicted octanol–water partition coefficient (Wildman–Crippen LogP) is 0.916. The third-order valence-corrected chi connectivity index (χ3v) is 5.68. The summed E-state index contributed by atoms with van der Waals surface area (Å²) in [6.07, 6.45) is 11.4. The molecule has 2 aromatic heterocycles. The number of nitrogens with zero attached hydrogens (tertiary/aromatic N) is 3. The van der Waals surface area contributed by atoms with E-state index in [0.29, 0.717) is 12.2 Å². The van der Waals surface area contributed by atoms with E-state index >= 15 is 0 Å². The highest BCUT2D eigenvalue weighted by atomic mass is 16.2. The molecule has 5 rings (SSSR count). The number of hydrogen-bond donors (Lipinski definition) is 2. The van der Waals surface area contributed by atoms with Gasteiger partial charge in [-0.15, -0.1) is 0 Å². The minimum absolute atomic E-state index is 0.0141. The third kappa shape index (κ3) is 1.66. The number of hydrogen-bond acceptors (Lipinski definition) is 4. The number of nitrogens with one attached hydrogen (secondary N) is 1. The van der Waals surface area contributed by atoms with E-state index in [1.165, 1.54) is 0 Å². The summed E-state index contributed by atoms with van der Waals surface area (Å²) in [4.78, 5) is 34.3. The second-order valence-electron chi connectivity index (χ2n) is 6.82. The number of aromatic amines is 1. The SMILES string of the molecule is NCC(=O)N1CCCC12C1=CCCC=C1c1[nH]c(=O)c3nccn3c12. The Morgan fingerprint density at radius 3 is 3.04 bits per heavy atom. The number of H-pyrrole nitrogens is 1. The van der Waals surface area contributed by atoms with Crippen LogP contribution in [0.25, 0.3) is 11.2 Å². The number of fused-ring (bicyclic) bond motifs is 7. The first-order valence-electron chi connectivity index (χ1n) is 8.70. The van der Waals surface area contributed by atoms with Crippen LogP contribution in [0, 0.1) is 0 Å². The van der Waals surface area contributed by atoms with Gasteiger partial charge in [0.2, 0.25) is 11.6 Å². The first-order chi connectivity index (χ1) is 12.2. The Bertz CT molecular complexity index is 1030. The van der Waals surface area contributed by atoms with Gasteiger partial charge in [-0.25, -0.2) is 4.98 Å². The van der Waals surface area contributed by atoms with E-state index in [-0.39, 0.29) is 18.0 Å². The van der Waals surface area contributed by atoms with Gasteiger partial charge in [0.1, 0.15) is 5.54 Å². The Labute approximate surface area is 143 Å². The van der Waals surface area contributed by atoms with Crippen LogP contribution in [0.15, 0.2) is 34.9 Å². The average molecular weight is 337 g/mol. The monoisotopic (exact) mass is 337 g/mol. The van der Waals surface area contributed by atoms with E-state index in [1.807, 2.05) is 15.5 Å². The second kappa shape index (κ2) is 4.92. The Balaban J connectivity index is 1.91. The van der Waals surface area contributed by atoms with Crippen LogP contribution < -0.4 is 11.3 Å². The minimum Gasteiger partial charge on any atom is -0.326 e. The maximum atomic E-state index is 12.7. The number of aromatic nitrogens is 3. The molecule has 128 valence electrons. The van der Waals surface area contributed by atoms with Gasteiger partial charge >= 0.3 is 0 Å². The number of carbonyl (C=O) groups excluding carboxylic acids is 1. The molecule has 1 amide bonds. The molecular weight excluding hydrogens is 318 g/mol. The van der Waals surface area contributed by atoms with Gasteiger partial charge in [0.15, 0.2) is 0 Å². The smallest absolute Gasteiger partial charge is 0.292 e. The van der Waals surface area contributed by atoms with Gasteiger partial charge in [0.25, 0.3) is 5.56 Å². The van der Waals surface area contributed by atoms with Crippen LogP contribution in [0.4, 0.5) is 0 Å². The molecule has 1 fully saturated rings. The lowest BCUT2D eigenvalue weighted by Gasteiger charge is -2.37.